The van der Waals surface area contributed by atoms with Crippen LogP contribution in [-0.2, 0) is 9.59 Å². The van der Waals surface area contributed by atoms with Crippen LogP contribution < -0.4 is 5.32 Å². The second-order valence-electron chi connectivity index (χ2n) is 2.56. The quantitative estimate of drug-likeness (QED) is 0.560. The molecular weight excluding hydrogens is 130 g/mol. The van der Waals surface area contributed by atoms with Crippen LogP contribution in [0.4, 0.5) is 0 Å². The summed E-state index contributed by atoms with van der Waals surface area (Å²) in [6, 6.07) is 0.110. The SMILES string of the molecule is O=CCC1CCCC(=O)N1. The van der Waals surface area contributed by atoms with Gasteiger partial charge in [0, 0.05) is 18.9 Å². The number of carbonyl (C=O) groups is 2. The molecule has 0 radical (unpaired) electrons. The largest absolute Gasteiger partial charge is 0.353 e. The monoisotopic (exact) mass is 141 g/mol. The molecule has 0 aromatic rings. The number of nitrogens with one attached hydrogen (secondary N) is 1. The molecule has 1 N–H and O–H groups in total. The number of hydrogen-bond donors (Lipinski definition) is 1. The zero-order valence-electron chi connectivity index (χ0n) is 5.80. The fourth-order valence-electron chi connectivity index (χ4n) is 1.17. The molecule has 0 aromatic carbocycles. The summed E-state index contributed by atoms with van der Waals surface area (Å²) in [5.74, 6) is 0.0816. The molecule has 3 nitrogen and oxygen atoms in total. The van der Waals surface area contributed by atoms with Crippen molar-refractivity contribution in [2.45, 2.75) is 31.7 Å². The van der Waals surface area contributed by atoms with Gasteiger partial charge in [-0.25, -0.2) is 0 Å². The third-order valence-corrected chi connectivity index (χ3v) is 1.70. The molecule has 1 saturated heterocycles. The fraction of sp³-hybridized carbons (Fsp3) is 0.714. The summed E-state index contributed by atoms with van der Waals surface area (Å²) < 4.78 is 0. The number of rotatable bonds is 2. The number of hydrogen-bond acceptors (Lipinski definition) is 2. The van der Waals surface area contributed by atoms with Gasteiger partial charge in [-0.1, -0.05) is 0 Å². The molecule has 3 heteroatoms. The van der Waals surface area contributed by atoms with Gasteiger partial charge in [-0.2, -0.15) is 0 Å². The normalized spacial score (nSPS) is 25.6. The van der Waals surface area contributed by atoms with E-state index in [1.165, 1.54) is 0 Å². The topological polar surface area (TPSA) is 46.2 Å². The summed E-state index contributed by atoms with van der Waals surface area (Å²) >= 11 is 0. The summed E-state index contributed by atoms with van der Waals surface area (Å²) in [5, 5.41) is 2.75. The van der Waals surface area contributed by atoms with Crippen molar-refractivity contribution in [2.75, 3.05) is 0 Å². The summed E-state index contributed by atoms with van der Waals surface area (Å²) in [5.41, 5.74) is 0. The van der Waals surface area contributed by atoms with Crippen molar-refractivity contribution in [3.8, 4) is 0 Å². The Bertz CT molecular complexity index is 145. The number of carbonyl (C=O) groups excluding carboxylic acids is 2. The Morgan fingerprint density at radius 3 is 3.10 bits per heavy atom. The number of aldehydes is 1. The molecule has 0 spiro atoms. The Balaban J connectivity index is 2.31. The highest BCUT2D eigenvalue weighted by Crippen LogP contribution is 2.09. The van der Waals surface area contributed by atoms with Gasteiger partial charge in [-0.15, -0.1) is 0 Å². The maximum Gasteiger partial charge on any atom is 0.220 e. The molecule has 0 saturated carbocycles. The zero-order valence-corrected chi connectivity index (χ0v) is 5.80. The van der Waals surface area contributed by atoms with Crippen LogP contribution in [0, 0.1) is 0 Å². The highest BCUT2D eigenvalue weighted by atomic mass is 16.1. The van der Waals surface area contributed by atoms with Crippen LogP contribution in [0.5, 0.6) is 0 Å². The van der Waals surface area contributed by atoms with E-state index in [-0.39, 0.29) is 11.9 Å². The molecule has 0 aliphatic carbocycles. The van der Waals surface area contributed by atoms with Gasteiger partial charge in [0.25, 0.3) is 0 Å². The first kappa shape index (κ1) is 7.25. The second kappa shape index (κ2) is 3.34. The number of piperidine rings is 1. The third kappa shape index (κ3) is 1.83. The molecule has 56 valence electrons. The predicted molar refractivity (Wildman–Crippen MR) is 36.5 cm³/mol. The van der Waals surface area contributed by atoms with Crippen LogP contribution in [-0.4, -0.2) is 18.2 Å². The van der Waals surface area contributed by atoms with E-state index >= 15 is 0 Å². The molecule has 1 amide bonds. The molecule has 0 aromatic heterocycles. The average Bonchev–Trinajstić information content (AvgIpc) is 1.88. The van der Waals surface area contributed by atoms with E-state index in [1.54, 1.807) is 0 Å². The molecule has 10 heavy (non-hydrogen) atoms. The van der Waals surface area contributed by atoms with Crippen molar-refractivity contribution >= 4 is 12.2 Å². The van der Waals surface area contributed by atoms with E-state index in [2.05, 4.69) is 5.32 Å². The van der Waals surface area contributed by atoms with Crippen LogP contribution >= 0.6 is 0 Å². The van der Waals surface area contributed by atoms with E-state index in [0.29, 0.717) is 12.8 Å². The van der Waals surface area contributed by atoms with Crippen LogP contribution in [0.1, 0.15) is 25.7 Å². The van der Waals surface area contributed by atoms with Gasteiger partial charge < -0.3 is 10.1 Å². The minimum atomic E-state index is 0.0816. The summed E-state index contributed by atoms with van der Waals surface area (Å²) in [7, 11) is 0. The van der Waals surface area contributed by atoms with Gasteiger partial charge in [-0.3, -0.25) is 4.79 Å². The molecule has 1 aliphatic heterocycles. The lowest BCUT2D eigenvalue weighted by molar-refractivity contribution is -0.123. The Morgan fingerprint density at radius 2 is 2.50 bits per heavy atom. The van der Waals surface area contributed by atoms with E-state index in [4.69, 9.17) is 0 Å². The van der Waals surface area contributed by atoms with Gasteiger partial charge in [-0.05, 0) is 12.8 Å². The lowest BCUT2D eigenvalue weighted by Crippen LogP contribution is -2.38. The van der Waals surface area contributed by atoms with Gasteiger partial charge in [0.05, 0.1) is 0 Å². The molecule has 1 fully saturated rings. The van der Waals surface area contributed by atoms with Crippen molar-refractivity contribution < 1.29 is 9.59 Å². The van der Waals surface area contributed by atoms with Crippen LogP contribution in [0.15, 0.2) is 0 Å². The summed E-state index contributed by atoms with van der Waals surface area (Å²) in [6.07, 6.45) is 3.81. The van der Waals surface area contributed by atoms with Crippen molar-refractivity contribution in [2.24, 2.45) is 0 Å². The van der Waals surface area contributed by atoms with Crippen molar-refractivity contribution in [3.63, 3.8) is 0 Å². The van der Waals surface area contributed by atoms with E-state index < -0.39 is 0 Å². The third-order valence-electron chi connectivity index (χ3n) is 1.70. The lowest BCUT2D eigenvalue weighted by Gasteiger charge is -2.20. The van der Waals surface area contributed by atoms with E-state index in [9.17, 15) is 9.59 Å². The average molecular weight is 141 g/mol. The van der Waals surface area contributed by atoms with Crippen LogP contribution in [0.3, 0.4) is 0 Å². The highest BCUT2D eigenvalue weighted by Gasteiger charge is 2.16. The maximum atomic E-state index is 10.7. The van der Waals surface area contributed by atoms with Crippen molar-refractivity contribution in [3.05, 3.63) is 0 Å². The van der Waals surface area contributed by atoms with Crippen LogP contribution in [0.25, 0.3) is 0 Å². The van der Waals surface area contributed by atoms with Gasteiger partial charge >= 0.3 is 0 Å². The first-order chi connectivity index (χ1) is 4.83. The Labute approximate surface area is 59.8 Å². The fourth-order valence-corrected chi connectivity index (χ4v) is 1.17. The molecule has 1 aliphatic rings. The van der Waals surface area contributed by atoms with Gasteiger partial charge in [0.2, 0.25) is 5.91 Å². The maximum absolute atomic E-state index is 10.7. The first-order valence-electron chi connectivity index (χ1n) is 3.56. The van der Waals surface area contributed by atoms with E-state index in [0.717, 1.165) is 19.1 Å². The minimum Gasteiger partial charge on any atom is -0.353 e. The second-order valence-corrected chi connectivity index (χ2v) is 2.56. The smallest absolute Gasteiger partial charge is 0.220 e. The highest BCUT2D eigenvalue weighted by molar-refractivity contribution is 5.77. The molecule has 1 unspecified atom stereocenters. The van der Waals surface area contributed by atoms with Crippen LogP contribution in [0.2, 0.25) is 0 Å². The van der Waals surface area contributed by atoms with Gasteiger partial charge in [0.15, 0.2) is 0 Å². The molecule has 1 rings (SSSR count). The lowest BCUT2D eigenvalue weighted by atomic mass is 10.0. The molecule has 0 bridgehead atoms. The minimum absolute atomic E-state index is 0.0816. The number of amides is 1. The molecule has 1 heterocycles. The Kier molecular flexibility index (Phi) is 2.42. The first-order valence-corrected chi connectivity index (χ1v) is 3.56. The zero-order chi connectivity index (χ0) is 7.40. The summed E-state index contributed by atoms with van der Waals surface area (Å²) in [4.78, 5) is 20.7. The van der Waals surface area contributed by atoms with E-state index in [1.807, 2.05) is 0 Å². The standard InChI is InChI=1S/C7H11NO2/c9-5-4-6-2-1-3-7(10)8-6/h5-6H,1-4H2,(H,8,10). The molecule has 1 atom stereocenters. The Hall–Kier alpha value is -0.860. The predicted octanol–water partition coefficient (Wildman–Crippen LogP) is 0.244. The molecular formula is C7H11NO2. The van der Waals surface area contributed by atoms with Crippen molar-refractivity contribution in [1.29, 1.82) is 0 Å². The van der Waals surface area contributed by atoms with Crippen molar-refractivity contribution in [1.82, 2.24) is 5.32 Å². The Morgan fingerprint density at radius 1 is 1.70 bits per heavy atom. The summed E-state index contributed by atoms with van der Waals surface area (Å²) in [6.45, 7) is 0. The van der Waals surface area contributed by atoms with Gasteiger partial charge in [0.1, 0.15) is 6.29 Å².